The van der Waals surface area contributed by atoms with Crippen molar-refractivity contribution < 1.29 is 8.78 Å². The quantitative estimate of drug-likeness (QED) is 0.857. The van der Waals surface area contributed by atoms with Gasteiger partial charge in [0.05, 0.1) is 6.04 Å². The summed E-state index contributed by atoms with van der Waals surface area (Å²) < 4.78 is 25.2. The Labute approximate surface area is 84.1 Å². The molecule has 0 aromatic heterocycles. The van der Waals surface area contributed by atoms with Crippen LogP contribution in [0.15, 0.2) is 22.7 Å². The average molecular weight is 250 g/mol. The number of alkyl halides is 2. The standard InChI is InChI=1S/C9H10BrF2N/c1-5-2-3-6(4-7(5)10)8(13)9(11)12/h2-4,8-9H,13H2,1H3/t8-/m0/s1. The largest absolute Gasteiger partial charge is 0.319 e. The predicted octanol–water partition coefficient (Wildman–Crippen LogP) is 3.02. The SMILES string of the molecule is Cc1ccc([C@H](N)C(F)F)cc1Br. The van der Waals surface area contributed by atoms with Crippen LogP contribution >= 0.6 is 15.9 Å². The molecule has 13 heavy (non-hydrogen) atoms. The van der Waals surface area contributed by atoms with Crippen LogP contribution in [0.25, 0.3) is 0 Å². The van der Waals surface area contributed by atoms with Crippen molar-refractivity contribution >= 4 is 15.9 Å². The third-order valence-corrected chi connectivity index (χ3v) is 2.71. The van der Waals surface area contributed by atoms with Crippen molar-refractivity contribution in [3.05, 3.63) is 33.8 Å². The fourth-order valence-electron chi connectivity index (χ4n) is 0.962. The second-order valence-corrected chi connectivity index (χ2v) is 3.72. The summed E-state index contributed by atoms with van der Waals surface area (Å²) in [6, 6.07) is 3.82. The van der Waals surface area contributed by atoms with Gasteiger partial charge >= 0.3 is 0 Å². The van der Waals surface area contributed by atoms with E-state index in [1.807, 2.05) is 6.92 Å². The van der Waals surface area contributed by atoms with Gasteiger partial charge in [-0.2, -0.15) is 0 Å². The number of benzene rings is 1. The van der Waals surface area contributed by atoms with Gasteiger partial charge in [0.1, 0.15) is 0 Å². The number of nitrogens with two attached hydrogens (primary N) is 1. The zero-order valence-electron chi connectivity index (χ0n) is 7.10. The van der Waals surface area contributed by atoms with E-state index in [0.717, 1.165) is 10.0 Å². The van der Waals surface area contributed by atoms with Gasteiger partial charge in [0, 0.05) is 4.47 Å². The normalized spacial score (nSPS) is 13.4. The molecule has 1 rings (SSSR count). The van der Waals surface area contributed by atoms with Crippen molar-refractivity contribution in [2.24, 2.45) is 5.73 Å². The predicted molar refractivity (Wildman–Crippen MR) is 51.8 cm³/mol. The van der Waals surface area contributed by atoms with Gasteiger partial charge in [0.2, 0.25) is 0 Å². The number of hydrogen-bond donors (Lipinski definition) is 1. The molecule has 72 valence electrons. The second-order valence-electron chi connectivity index (χ2n) is 2.87. The molecule has 1 aromatic carbocycles. The van der Waals surface area contributed by atoms with Gasteiger partial charge in [-0.3, -0.25) is 0 Å². The molecule has 0 bridgehead atoms. The Kier molecular flexibility index (Phi) is 3.39. The van der Waals surface area contributed by atoms with E-state index >= 15 is 0 Å². The highest BCUT2D eigenvalue weighted by atomic mass is 79.9. The van der Waals surface area contributed by atoms with Crippen LogP contribution < -0.4 is 5.73 Å². The molecule has 0 amide bonds. The highest BCUT2D eigenvalue weighted by molar-refractivity contribution is 9.10. The highest BCUT2D eigenvalue weighted by Gasteiger charge is 2.17. The van der Waals surface area contributed by atoms with Crippen LogP contribution in [0.2, 0.25) is 0 Å². The summed E-state index contributed by atoms with van der Waals surface area (Å²) in [6.07, 6.45) is -2.52. The Bertz CT molecular complexity index is 302. The summed E-state index contributed by atoms with van der Waals surface area (Å²) in [5, 5.41) is 0. The van der Waals surface area contributed by atoms with Gasteiger partial charge in [0.15, 0.2) is 0 Å². The highest BCUT2D eigenvalue weighted by Crippen LogP contribution is 2.23. The lowest BCUT2D eigenvalue weighted by Crippen LogP contribution is -2.18. The molecule has 1 nitrogen and oxygen atoms in total. The van der Waals surface area contributed by atoms with E-state index in [1.54, 1.807) is 18.2 Å². The maximum atomic E-state index is 12.2. The van der Waals surface area contributed by atoms with Crippen LogP contribution in [0.5, 0.6) is 0 Å². The van der Waals surface area contributed by atoms with E-state index in [4.69, 9.17) is 5.73 Å². The van der Waals surface area contributed by atoms with Crippen molar-refractivity contribution in [3.8, 4) is 0 Å². The fraction of sp³-hybridized carbons (Fsp3) is 0.333. The van der Waals surface area contributed by atoms with Crippen molar-refractivity contribution in [3.63, 3.8) is 0 Å². The molecule has 0 aliphatic heterocycles. The molecule has 0 aliphatic carbocycles. The first kappa shape index (κ1) is 10.6. The van der Waals surface area contributed by atoms with Gasteiger partial charge in [-0.25, -0.2) is 8.78 Å². The Hall–Kier alpha value is -0.480. The first-order valence-electron chi connectivity index (χ1n) is 3.82. The van der Waals surface area contributed by atoms with E-state index in [2.05, 4.69) is 15.9 Å². The van der Waals surface area contributed by atoms with E-state index in [0.29, 0.717) is 5.56 Å². The maximum absolute atomic E-state index is 12.2. The third-order valence-electron chi connectivity index (χ3n) is 1.85. The van der Waals surface area contributed by atoms with Gasteiger partial charge in [0.25, 0.3) is 6.43 Å². The van der Waals surface area contributed by atoms with Gasteiger partial charge < -0.3 is 5.73 Å². The number of aryl methyl sites for hydroxylation is 1. The lowest BCUT2D eigenvalue weighted by Gasteiger charge is -2.11. The summed E-state index contributed by atoms with van der Waals surface area (Å²) in [7, 11) is 0. The molecule has 0 unspecified atom stereocenters. The lowest BCUT2D eigenvalue weighted by molar-refractivity contribution is 0.116. The Morgan fingerprint density at radius 1 is 1.38 bits per heavy atom. The first-order valence-corrected chi connectivity index (χ1v) is 4.61. The number of hydrogen-bond acceptors (Lipinski definition) is 1. The second kappa shape index (κ2) is 4.15. The third kappa shape index (κ3) is 2.48. The first-order chi connectivity index (χ1) is 6.02. The monoisotopic (exact) mass is 249 g/mol. The average Bonchev–Trinajstić information content (AvgIpc) is 2.08. The fourth-order valence-corrected chi connectivity index (χ4v) is 1.36. The zero-order chi connectivity index (χ0) is 10.0. The number of rotatable bonds is 2. The molecule has 0 heterocycles. The molecule has 0 spiro atoms. The summed E-state index contributed by atoms with van der Waals surface area (Å²) in [5.74, 6) is 0. The van der Waals surface area contributed by atoms with E-state index in [9.17, 15) is 8.78 Å². The summed E-state index contributed by atoms with van der Waals surface area (Å²) >= 11 is 3.26. The van der Waals surface area contributed by atoms with Crippen LogP contribution in [0.1, 0.15) is 17.2 Å². The molecular formula is C9H10BrF2N. The maximum Gasteiger partial charge on any atom is 0.257 e. The lowest BCUT2D eigenvalue weighted by atomic mass is 10.1. The van der Waals surface area contributed by atoms with E-state index in [-0.39, 0.29) is 0 Å². The molecule has 0 fully saturated rings. The van der Waals surface area contributed by atoms with Crippen LogP contribution in [-0.2, 0) is 0 Å². The van der Waals surface area contributed by atoms with Gasteiger partial charge in [-0.15, -0.1) is 0 Å². The van der Waals surface area contributed by atoms with Crippen molar-refractivity contribution in [2.75, 3.05) is 0 Å². The minimum absolute atomic E-state index is 0.451. The van der Waals surface area contributed by atoms with E-state index < -0.39 is 12.5 Å². The van der Waals surface area contributed by atoms with Crippen molar-refractivity contribution in [1.29, 1.82) is 0 Å². The van der Waals surface area contributed by atoms with Gasteiger partial charge in [-0.05, 0) is 24.1 Å². The summed E-state index contributed by atoms with van der Waals surface area (Å²) in [6.45, 7) is 1.89. The van der Waals surface area contributed by atoms with E-state index in [1.165, 1.54) is 0 Å². The number of halogens is 3. The Morgan fingerprint density at radius 2 is 2.00 bits per heavy atom. The van der Waals surface area contributed by atoms with Crippen LogP contribution in [-0.4, -0.2) is 6.43 Å². The zero-order valence-corrected chi connectivity index (χ0v) is 8.68. The molecule has 0 saturated heterocycles. The summed E-state index contributed by atoms with van der Waals surface area (Å²) in [4.78, 5) is 0. The van der Waals surface area contributed by atoms with Crippen LogP contribution in [0.4, 0.5) is 8.78 Å². The van der Waals surface area contributed by atoms with Crippen molar-refractivity contribution in [2.45, 2.75) is 19.4 Å². The molecule has 1 atom stereocenters. The molecule has 0 saturated carbocycles. The van der Waals surface area contributed by atoms with Crippen LogP contribution in [0.3, 0.4) is 0 Å². The minimum atomic E-state index is -2.52. The van der Waals surface area contributed by atoms with Crippen molar-refractivity contribution in [1.82, 2.24) is 0 Å². The van der Waals surface area contributed by atoms with Gasteiger partial charge in [-0.1, -0.05) is 28.1 Å². The molecule has 0 radical (unpaired) electrons. The topological polar surface area (TPSA) is 26.0 Å². The smallest absolute Gasteiger partial charge is 0.257 e. The molecule has 4 heteroatoms. The molecule has 1 aromatic rings. The molecule has 2 N–H and O–H groups in total. The molecular weight excluding hydrogens is 240 g/mol. The summed E-state index contributed by atoms with van der Waals surface area (Å²) in [5.41, 5.74) is 6.74. The molecule has 0 aliphatic rings. The Morgan fingerprint density at radius 3 is 2.46 bits per heavy atom. The van der Waals surface area contributed by atoms with Crippen LogP contribution in [0, 0.1) is 6.92 Å². The Balaban J connectivity index is 2.97. The minimum Gasteiger partial charge on any atom is -0.319 e.